The standard InChI is InChI=1S/C18H17FN6O2S/c19-13-4-6-14(7-5-13)28(26,27)25-12-1-3-16(25)15-8-11-22-18(23-15)24-17-20-9-2-10-21-17/h2,4-11,16H,1,3,12H2,(H,20,21,22,23,24). The van der Waals surface area contributed by atoms with Crippen LogP contribution in [0.25, 0.3) is 0 Å². The zero-order valence-electron chi connectivity index (χ0n) is 14.7. The highest BCUT2D eigenvalue weighted by atomic mass is 32.2. The number of sulfonamides is 1. The molecule has 1 unspecified atom stereocenters. The molecule has 1 aliphatic heterocycles. The van der Waals surface area contributed by atoms with Crippen LogP contribution in [0, 0.1) is 5.82 Å². The number of aromatic nitrogens is 4. The van der Waals surface area contributed by atoms with E-state index in [4.69, 9.17) is 0 Å². The summed E-state index contributed by atoms with van der Waals surface area (Å²) in [4.78, 5) is 16.8. The van der Waals surface area contributed by atoms with Gasteiger partial charge in [-0.05, 0) is 49.2 Å². The van der Waals surface area contributed by atoms with Crippen molar-refractivity contribution >= 4 is 21.9 Å². The molecule has 0 radical (unpaired) electrons. The first kappa shape index (κ1) is 18.4. The van der Waals surface area contributed by atoms with Crippen LogP contribution in [0.5, 0.6) is 0 Å². The molecule has 8 nitrogen and oxygen atoms in total. The first-order valence-electron chi connectivity index (χ1n) is 8.68. The summed E-state index contributed by atoms with van der Waals surface area (Å²) in [5.74, 6) is 0.156. The van der Waals surface area contributed by atoms with Crippen LogP contribution in [-0.4, -0.2) is 39.2 Å². The van der Waals surface area contributed by atoms with Crippen molar-refractivity contribution in [3.05, 3.63) is 66.5 Å². The fourth-order valence-electron chi connectivity index (χ4n) is 3.15. The Morgan fingerprint density at radius 1 is 1.00 bits per heavy atom. The third-order valence-corrected chi connectivity index (χ3v) is 6.35. The molecule has 0 spiro atoms. The molecular formula is C18H17FN6O2S. The highest BCUT2D eigenvalue weighted by Gasteiger charge is 2.37. The molecule has 0 amide bonds. The fourth-order valence-corrected chi connectivity index (χ4v) is 4.82. The number of hydrogen-bond acceptors (Lipinski definition) is 7. The SMILES string of the molecule is O=S(=O)(c1ccc(F)cc1)N1CCCC1c1ccnc(Nc2ncccn2)n1. The Balaban J connectivity index is 1.61. The number of nitrogens with one attached hydrogen (secondary N) is 1. The Morgan fingerprint density at radius 3 is 2.46 bits per heavy atom. The first-order chi connectivity index (χ1) is 13.5. The van der Waals surface area contributed by atoms with E-state index in [0.717, 1.165) is 12.1 Å². The Kier molecular flexibility index (Phi) is 4.97. The smallest absolute Gasteiger partial charge is 0.243 e. The summed E-state index contributed by atoms with van der Waals surface area (Å²) in [6.07, 6.45) is 6.09. The van der Waals surface area contributed by atoms with Crippen LogP contribution >= 0.6 is 0 Å². The number of rotatable bonds is 5. The lowest BCUT2D eigenvalue weighted by Gasteiger charge is -2.24. The Morgan fingerprint density at radius 2 is 1.71 bits per heavy atom. The monoisotopic (exact) mass is 400 g/mol. The van der Waals surface area contributed by atoms with Gasteiger partial charge in [0.05, 0.1) is 16.6 Å². The largest absolute Gasteiger partial charge is 0.293 e. The minimum atomic E-state index is -3.76. The van der Waals surface area contributed by atoms with Crippen molar-refractivity contribution in [3.8, 4) is 0 Å². The lowest BCUT2D eigenvalue weighted by atomic mass is 10.1. The van der Waals surface area contributed by atoms with Crippen molar-refractivity contribution in [2.45, 2.75) is 23.8 Å². The third kappa shape index (κ3) is 3.69. The van der Waals surface area contributed by atoms with Crippen LogP contribution in [0.4, 0.5) is 16.3 Å². The maximum atomic E-state index is 13.2. The highest BCUT2D eigenvalue weighted by Crippen LogP contribution is 2.35. The van der Waals surface area contributed by atoms with Crippen molar-refractivity contribution in [1.29, 1.82) is 0 Å². The van der Waals surface area contributed by atoms with Crippen molar-refractivity contribution in [1.82, 2.24) is 24.2 Å². The van der Waals surface area contributed by atoms with E-state index in [1.807, 2.05) is 0 Å². The molecule has 1 saturated heterocycles. The molecule has 2 aromatic heterocycles. The zero-order valence-corrected chi connectivity index (χ0v) is 15.6. The first-order valence-corrected chi connectivity index (χ1v) is 10.1. The molecule has 3 aromatic rings. The van der Waals surface area contributed by atoms with Crippen molar-refractivity contribution in [2.24, 2.45) is 0 Å². The van der Waals surface area contributed by atoms with Crippen LogP contribution in [0.1, 0.15) is 24.6 Å². The molecule has 0 aliphatic carbocycles. The quantitative estimate of drug-likeness (QED) is 0.703. The molecule has 1 aromatic carbocycles. The van der Waals surface area contributed by atoms with Gasteiger partial charge >= 0.3 is 0 Å². The van der Waals surface area contributed by atoms with Gasteiger partial charge in [-0.15, -0.1) is 0 Å². The van der Waals surface area contributed by atoms with E-state index in [9.17, 15) is 12.8 Å². The average molecular weight is 400 g/mol. The van der Waals surface area contributed by atoms with Crippen LogP contribution < -0.4 is 5.32 Å². The van der Waals surface area contributed by atoms with Crippen LogP contribution in [-0.2, 0) is 10.0 Å². The molecule has 0 saturated carbocycles. The van der Waals surface area contributed by atoms with E-state index >= 15 is 0 Å². The molecule has 1 fully saturated rings. The number of halogens is 1. The van der Waals surface area contributed by atoms with Gasteiger partial charge in [-0.1, -0.05) is 0 Å². The molecule has 28 heavy (non-hydrogen) atoms. The van der Waals surface area contributed by atoms with Crippen LogP contribution in [0.2, 0.25) is 0 Å². The predicted molar refractivity (Wildman–Crippen MR) is 99.6 cm³/mol. The van der Waals surface area contributed by atoms with E-state index in [0.29, 0.717) is 31.0 Å². The maximum Gasteiger partial charge on any atom is 0.243 e. The van der Waals surface area contributed by atoms with Crippen molar-refractivity contribution < 1.29 is 12.8 Å². The molecule has 1 aliphatic rings. The third-order valence-electron chi connectivity index (χ3n) is 4.43. The van der Waals surface area contributed by atoms with Crippen LogP contribution in [0.3, 0.4) is 0 Å². The summed E-state index contributed by atoms with van der Waals surface area (Å²) in [5, 5.41) is 2.91. The highest BCUT2D eigenvalue weighted by molar-refractivity contribution is 7.89. The topological polar surface area (TPSA) is 101 Å². The van der Waals surface area contributed by atoms with Gasteiger partial charge in [0.1, 0.15) is 5.82 Å². The second-order valence-corrected chi connectivity index (χ2v) is 8.12. The Hall–Kier alpha value is -2.98. The molecular weight excluding hydrogens is 383 g/mol. The molecule has 3 heterocycles. The molecule has 0 bridgehead atoms. The summed E-state index contributed by atoms with van der Waals surface area (Å²) < 4.78 is 40.6. The van der Waals surface area contributed by atoms with Gasteiger partial charge in [0.2, 0.25) is 21.9 Å². The van der Waals surface area contributed by atoms with Crippen molar-refractivity contribution in [2.75, 3.05) is 11.9 Å². The second-order valence-electron chi connectivity index (χ2n) is 6.23. The molecule has 144 valence electrons. The second kappa shape index (κ2) is 7.56. The summed E-state index contributed by atoms with van der Waals surface area (Å²) in [5.41, 5.74) is 0.580. The number of hydrogen-bond donors (Lipinski definition) is 1. The van der Waals surface area contributed by atoms with E-state index in [2.05, 4.69) is 25.3 Å². The van der Waals surface area contributed by atoms with Gasteiger partial charge < -0.3 is 0 Å². The average Bonchev–Trinajstić information content (AvgIpc) is 3.20. The van der Waals surface area contributed by atoms with Gasteiger partial charge in [-0.2, -0.15) is 4.31 Å². The summed E-state index contributed by atoms with van der Waals surface area (Å²) in [7, 11) is -3.76. The summed E-state index contributed by atoms with van der Waals surface area (Å²) in [6, 6.07) is 7.81. The Bertz CT molecular complexity index is 1060. The van der Waals surface area contributed by atoms with E-state index < -0.39 is 21.9 Å². The normalized spacial score (nSPS) is 17.5. The lowest BCUT2D eigenvalue weighted by molar-refractivity contribution is 0.390. The van der Waals surface area contributed by atoms with Gasteiger partial charge in [0.15, 0.2) is 0 Å². The van der Waals surface area contributed by atoms with Gasteiger partial charge in [0.25, 0.3) is 0 Å². The molecule has 10 heteroatoms. The number of nitrogens with zero attached hydrogens (tertiary/aromatic N) is 5. The Labute approximate surface area is 161 Å². The van der Waals surface area contributed by atoms with Gasteiger partial charge in [0, 0.05) is 25.1 Å². The predicted octanol–water partition coefficient (Wildman–Crippen LogP) is 2.68. The minimum Gasteiger partial charge on any atom is -0.293 e. The van der Waals surface area contributed by atoms with Crippen LogP contribution in [0.15, 0.2) is 59.9 Å². The van der Waals surface area contributed by atoms with E-state index in [-0.39, 0.29) is 10.8 Å². The summed E-state index contributed by atoms with van der Waals surface area (Å²) in [6.45, 7) is 0.374. The maximum absolute atomic E-state index is 13.2. The van der Waals surface area contributed by atoms with E-state index in [1.54, 1.807) is 30.7 Å². The molecule has 1 N–H and O–H groups in total. The van der Waals surface area contributed by atoms with E-state index in [1.165, 1.54) is 16.4 Å². The lowest BCUT2D eigenvalue weighted by Crippen LogP contribution is -2.31. The fraction of sp³-hybridized carbons (Fsp3) is 0.222. The van der Waals surface area contributed by atoms with Crippen molar-refractivity contribution in [3.63, 3.8) is 0 Å². The summed E-state index contributed by atoms with van der Waals surface area (Å²) >= 11 is 0. The number of benzene rings is 1. The molecule has 4 rings (SSSR count). The molecule has 1 atom stereocenters. The zero-order chi connectivity index (χ0) is 19.6. The number of anilines is 2. The minimum absolute atomic E-state index is 0.0610. The van der Waals surface area contributed by atoms with Gasteiger partial charge in [-0.25, -0.2) is 32.7 Å². The van der Waals surface area contributed by atoms with Gasteiger partial charge in [-0.3, -0.25) is 5.32 Å².